The van der Waals surface area contributed by atoms with Gasteiger partial charge in [0.25, 0.3) is 0 Å². The molecule has 0 unspecified atom stereocenters. The Bertz CT molecular complexity index is 739. The van der Waals surface area contributed by atoms with Gasteiger partial charge in [-0.3, -0.25) is 0 Å². The van der Waals surface area contributed by atoms with Crippen molar-refractivity contribution in [2.24, 2.45) is 0 Å². The average molecular weight is 232 g/mol. The Kier molecular flexibility index (Phi) is 2.15. The Morgan fingerprint density at radius 3 is 1.65 bits per heavy atom. The van der Waals surface area contributed by atoms with Crippen molar-refractivity contribution in [1.82, 2.24) is 0 Å². The molecule has 17 heavy (non-hydrogen) atoms. The van der Waals surface area contributed by atoms with Crippen LogP contribution >= 0.6 is 11.3 Å². The molecular formula is C16H8S. The van der Waals surface area contributed by atoms with Crippen LogP contribution in [-0.4, -0.2) is 0 Å². The van der Waals surface area contributed by atoms with E-state index in [9.17, 15) is 0 Å². The van der Waals surface area contributed by atoms with Crippen LogP contribution in [0, 0.1) is 24.7 Å². The SMILES string of the molecule is C#Cc1ccc2c(c1)sc1cc(C#C)ccc12. The zero-order valence-corrected chi connectivity index (χ0v) is 9.84. The molecule has 3 aromatic rings. The number of hydrogen-bond donors (Lipinski definition) is 0. The van der Waals surface area contributed by atoms with E-state index in [2.05, 4.69) is 36.1 Å². The maximum Gasteiger partial charge on any atom is 0.0367 e. The van der Waals surface area contributed by atoms with Crippen molar-refractivity contribution < 1.29 is 0 Å². The third kappa shape index (κ3) is 1.49. The first-order valence-corrected chi connectivity index (χ1v) is 6.03. The second-order valence-corrected chi connectivity index (χ2v) is 4.90. The van der Waals surface area contributed by atoms with Gasteiger partial charge >= 0.3 is 0 Å². The van der Waals surface area contributed by atoms with Crippen LogP contribution < -0.4 is 0 Å². The Balaban J connectivity index is 2.42. The number of thiophene rings is 1. The molecule has 0 aliphatic heterocycles. The fraction of sp³-hybridized carbons (Fsp3) is 0. The van der Waals surface area contributed by atoms with E-state index < -0.39 is 0 Å². The van der Waals surface area contributed by atoms with Crippen molar-refractivity contribution in [3.8, 4) is 24.7 Å². The molecule has 1 heterocycles. The summed E-state index contributed by atoms with van der Waals surface area (Å²) >= 11 is 1.73. The summed E-state index contributed by atoms with van der Waals surface area (Å²) in [4.78, 5) is 0. The first kappa shape index (κ1) is 9.97. The van der Waals surface area contributed by atoms with E-state index >= 15 is 0 Å². The van der Waals surface area contributed by atoms with Gasteiger partial charge in [0.15, 0.2) is 0 Å². The first-order valence-electron chi connectivity index (χ1n) is 5.21. The van der Waals surface area contributed by atoms with Gasteiger partial charge in [-0.2, -0.15) is 0 Å². The summed E-state index contributed by atoms with van der Waals surface area (Å²) < 4.78 is 2.43. The normalized spacial score (nSPS) is 10.2. The van der Waals surface area contributed by atoms with Gasteiger partial charge in [0.2, 0.25) is 0 Å². The molecule has 0 bridgehead atoms. The number of rotatable bonds is 0. The van der Waals surface area contributed by atoms with Gasteiger partial charge in [-0.15, -0.1) is 24.2 Å². The molecule has 0 fully saturated rings. The van der Waals surface area contributed by atoms with E-state index in [1.807, 2.05) is 12.1 Å². The Labute approximate surface area is 104 Å². The molecule has 0 spiro atoms. The molecule has 1 aromatic heterocycles. The van der Waals surface area contributed by atoms with Crippen LogP contribution in [0.15, 0.2) is 36.4 Å². The summed E-state index contributed by atoms with van der Waals surface area (Å²) in [6, 6.07) is 12.2. The minimum atomic E-state index is 0.918. The van der Waals surface area contributed by atoms with Gasteiger partial charge < -0.3 is 0 Å². The number of fused-ring (bicyclic) bond motifs is 3. The fourth-order valence-electron chi connectivity index (χ4n) is 1.96. The molecular weight excluding hydrogens is 224 g/mol. The average Bonchev–Trinajstić information content (AvgIpc) is 2.74. The molecule has 0 atom stereocenters. The molecule has 0 amide bonds. The van der Waals surface area contributed by atoms with Gasteiger partial charge in [0.1, 0.15) is 0 Å². The van der Waals surface area contributed by atoms with Gasteiger partial charge in [0.05, 0.1) is 0 Å². The van der Waals surface area contributed by atoms with Gasteiger partial charge in [-0.1, -0.05) is 24.0 Å². The van der Waals surface area contributed by atoms with E-state index in [4.69, 9.17) is 12.8 Å². The molecule has 0 aliphatic carbocycles. The molecule has 0 aliphatic rings. The number of benzene rings is 2. The van der Waals surface area contributed by atoms with E-state index in [1.54, 1.807) is 11.3 Å². The lowest BCUT2D eigenvalue weighted by molar-refractivity contribution is 1.74. The molecule has 3 rings (SSSR count). The third-order valence-electron chi connectivity index (χ3n) is 2.81. The number of hydrogen-bond acceptors (Lipinski definition) is 1. The highest BCUT2D eigenvalue weighted by Gasteiger charge is 2.05. The van der Waals surface area contributed by atoms with Crippen molar-refractivity contribution in [2.45, 2.75) is 0 Å². The quantitative estimate of drug-likeness (QED) is 0.514. The fourth-order valence-corrected chi connectivity index (χ4v) is 3.14. The molecule has 0 nitrogen and oxygen atoms in total. The highest BCUT2D eigenvalue weighted by molar-refractivity contribution is 7.25. The van der Waals surface area contributed by atoms with E-state index in [1.165, 1.54) is 20.2 Å². The van der Waals surface area contributed by atoms with Crippen LogP contribution in [-0.2, 0) is 0 Å². The standard InChI is InChI=1S/C16H8S/c1-3-11-5-7-13-14-8-6-12(4-2)10-16(14)17-15(13)9-11/h1-2,5-10H. The maximum atomic E-state index is 5.41. The van der Waals surface area contributed by atoms with Crippen molar-refractivity contribution >= 4 is 31.5 Å². The summed E-state index contributed by atoms with van der Waals surface area (Å²) in [5.74, 6) is 5.32. The Morgan fingerprint density at radius 2 is 1.24 bits per heavy atom. The third-order valence-corrected chi connectivity index (χ3v) is 3.92. The zero-order chi connectivity index (χ0) is 11.8. The Hall–Kier alpha value is -2.22. The summed E-state index contributed by atoms with van der Waals surface area (Å²) in [6.45, 7) is 0. The van der Waals surface area contributed by atoms with Crippen molar-refractivity contribution in [1.29, 1.82) is 0 Å². The van der Waals surface area contributed by atoms with E-state index in [0.717, 1.165) is 11.1 Å². The lowest BCUT2D eigenvalue weighted by Crippen LogP contribution is -1.73. The second-order valence-electron chi connectivity index (χ2n) is 3.81. The van der Waals surface area contributed by atoms with Gasteiger partial charge in [-0.05, 0) is 24.3 Å². The lowest BCUT2D eigenvalue weighted by Gasteiger charge is -1.93. The largest absolute Gasteiger partial charge is 0.135 e. The predicted octanol–water partition coefficient (Wildman–Crippen LogP) is 4.02. The van der Waals surface area contributed by atoms with Gasteiger partial charge in [-0.25, -0.2) is 0 Å². The topological polar surface area (TPSA) is 0 Å². The van der Waals surface area contributed by atoms with Crippen LogP contribution in [0.4, 0.5) is 0 Å². The zero-order valence-electron chi connectivity index (χ0n) is 9.03. The van der Waals surface area contributed by atoms with E-state index in [-0.39, 0.29) is 0 Å². The van der Waals surface area contributed by atoms with Crippen molar-refractivity contribution in [2.75, 3.05) is 0 Å². The monoisotopic (exact) mass is 232 g/mol. The van der Waals surface area contributed by atoms with Gasteiger partial charge in [0, 0.05) is 31.3 Å². The summed E-state index contributed by atoms with van der Waals surface area (Å²) in [5.41, 5.74) is 1.84. The molecule has 0 saturated heterocycles. The molecule has 2 aromatic carbocycles. The van der Waals surface area contributed by atoms with Crippen LogP contribution in [0.25, 0.3) is 20.2 Å². The molecule has 0 saturated carbocycles. The Morgan fingerprint density at radius 1 is 0.765 bits per heavy atom. The van der Waals surface area contributed by atoms with E-state index in [0.29, 0.717) is 0 Å². The lowest BCUT2D eigenvalue weighted by atomic mass is 10.1. The summed E-state index contributed by atoms with van der Waals surface area (Å²) in [5, 5.41) is 2.49. The molecule has 0 N–H and O–H groups in total. The smallest absolute Gasteiger partial charge is 0.0367 e. The summed E-state index contributed by atoms with van der Waals surface area (Å²) in [6.07, 6.45) is 10.8. The summed E-state index contributed by atoms with van der Waals surface area (Å²) in [7, 11) is 0. The predicted molar refractivity (Wildman–Crippen MR) is 75.2 cm³/mol. The minimum Gasteiger partial charge on any atom is -0.135 e. The highest BCUT2D eigenvalue weighted by atomic mass is 32.1. The van der Waals surface area contributed by atoms with Crippen LogP contribution in [0.1, 0.15) is 11.1 Å². The van der Waals surface area contributed by atoms with Crippen molar-refractivity contribution in [3.05, 3.63) is 47.5 Å². The second kappa shape index (κ2) is 3.67. The highest BCUT2D eigenvalue weighted by Crippen LogP contribution is 2.34. The van der Waals surface area contributed by atoms with Crippen LogP contribution in [0.3, 0.4) is 0 Å². The maximum absolute atomic E-state index is 5.41. The van der Waals surface area contributed by atoms with Crippen molar-refractivity contribution in [3.63, 3.8) is 0 Å². The minimum absolute atomic E-state index is 0.918. The van der Waals surface area contributed by atoms with Crippen LogP contribution in [0.5, 0.6) is 0 Å². The molecule has 78 valence electrons. The first-order chi connectivity index (χ1) is 8.31. The number of terminal acetylenes is 2. The van der Waals surface area contributed by atoms with Crippen LogP contribution in [0.2, 0.25) is 0 Å². The molecule has 1 heteroatoms. The molecule has 0 radical (unpaired) electrons.